The molecule has 3 heteroatoms. The standard InChI is InChI=1S/C5H10O2.ClH/c1-5(7-3)4-6-2;/h1,4H2,2-3H3;1H. The SMILES string of the molecule is C=C(COC)OC.Cl. The molecule has 0 rings (SSSR count). The van der Waals surface area contributed by atoms with Gasteiger partial charge < -0.3 is 9.47 Å². The highest BCUT2D eigenvalue weighted by Gasteiger charge is 1.84. The Morgan fingerprint density at radius 2 is 2.00 bits per heavy atom. The van der Waals surface area contributed by atoms with Crippen LogP contribution in [-0.4, -0.2) is 20.8 Å². The van der Waals surface area contributed by atoms with Crippen LogP contribution >= 0.6 is 12.4 Å². The molecule has 0 fully saturated rings. The Hall–Kier alpha value is -0.210. The molecule has 0 aromatic rings. The van der Waals surface area contributed by atoms with E-state index < -0.39 is 0 Å². The molecule has 0 saturated carbocycles. The molecule has 0 amide bonds. The number of rotatable bonds is 3. The maximum Gasteiger partial charge on any atom is 0.114 e. The fraction of sp³-hybridized carbons (Fsp3) is 0.600. The normalized spacial score (nSPS) is 7.25. The zero-order valence-electron chi connectivity index (χ0n) is 5.14. The Morgan fingerprint density at radius 3 is 2.12 bits per heavy atom. The molecule has 0 unspecified atom stereocenters. The van der Waals surface area contributed by atoms with Crippen LogP contribution in [0.25, 0.3) is 0 Å². The summed E-state index contributed by atoms with van der Waals surface area (Å²) in [6.07, 6.45) is 0. The predicted octanol–water partition coefficient (Wildman–Crippen LogP) is 1.21. The summed E-state index contributed by atoms with van der Waals surface area (Å²) in [5.41, 5.74) is 0. The summed E-state index contributed by atoms with van der Waals surface area (Å²) in [5, 5.41) is 0. The van der Waals surface area contributed by atoms with Gasteiger partial charge in [-0.1, -0.05) is 6.58 Å². The fourth-order valence-corrected chi connectivity index (χ4v) is 0.220. The maximum atomic E-state index is 4.67. The van der Waals surface area contributed by atoms with Crippen LogP contribution in [0.5, 0.6) is 0 Å². The largest absolute Gasteiger partial charge is 0.499 e. The van der Waals surface area contributed by atoms with Crippen molar-refractivity contribution < 1.29 is 9.47 Å². The van der Waals surface area contributed by atoms with Crippen LogP contribution in [0.1, 0.15) is 0 Å². The van der Waals surface area contributed by atoms with Gasteiger partial charge in [-0.25, -0.2) is 0 Å². The van der Waals surface area contributed by atoms with Gasteiger partial charge in [0.05, 0.1) is 7.11 Å². The molecule has 0 atom stereocenters. The Labute approximate surface area is 55.9 Å². The monoisotopic (exact) mass is 138 g/mol. The van der Waals surface area contributed by atoms with Crippen molar-refractivity contribution in [1.82, 2.24) is 0 Å². The summed E-state index contributed by atoms with van der Waals surface area (Å²) in [6.45, 7) is 4.00. The topological polar surface area (TPSA) is 18.5 Å². The van der Waals surface area contributed by atoms with E-state index in [-0.39, 0.29) is 12.4 Å². The van der Waals surface area contributed by atoms with Gasteiger partial charge in [0.15, 0.2) is 0 Å². The lowest BCUT2D eigenvalue weighted by Gasteiger charge is -1.98. The Bertz CT molecular complexity index is 63.4. The molecular formula is C5H11ClO2. The summed E-state index contributed by atoms with van der Waals surface area (Å²) >= 11 is 0. The molecule has 0 bridgehead atoms. The first kappa shape index (κ1) is 10.7. The first-order valence-electron chi connectivity index (χ1n) is 2.02. The Kier molecular flexibility index (Phi) is 9.09. The van der Waals surface area contributed by atoms with Crippen molar-refractivity contribution in [2.45, 2.75) is 0 Å². The first-order valence-corrected chi connectivity index (χ1v) is 2.02. The average molecular weight is 139 g/mol. The van der Waals surface area contributed by atoms with Crippen molar-refractivity contribution in [1.29, 1.82) is 0 Å². The van der Waals surface area contributed by atoms with E-state index in [0.717, 1.165) is 0 Å². The van der Waals surface area contributed by atoms with Crippen LogP contribution in [0.15, 0.2) is 12.3 Å². The smallest absolute Gasteiger partial charge is 0.114 e. The van der Waals surface area contributed by atoms with Crippen molar-refractivity contribution in [2.24, 2.45) is 0 Å². The molecule has 0 aliphatic heterocycles. The zero-order valence-corrected chi connectivity index (χ0v) is 5.96. The van der Waals surface area contributed by atoms with E-state index in [4.69, 9.17) is 0 Å². The number of methoxy groups -OCH3 is 2. The second-order valence-corrected chi connectivity index (χ2v) is 1.18. The van der Waals surface area contributed by atoms with E-state index in [9.17, 15) is 0 Å². The van der Waals surface area contributed by atoms with Crippen molar-refractivity contribution in [3.8, 4) is 0 Å². The lowest BCUT2D eigenvalue weighted by molar-refractivity contribution is 0.160. The van der Waals surface area contributed by atoms with Crippen molar-refractivity contribution in [3.63, 3.8) is 0 Å². The van der Waals surface area contributed by atoms with Gasteiger partial charge in [-0.3, -0.25) is 0 Å². The quantitative estimate of drug-likeness (QED) is 0.546. The minimum Gasteiger partial charge on any atom is -0.499 e. The van der Waals surface area contributed by atoms with E-state index in [1.165, 1.54) is 0 Å². The van der Waals surface area contributed by atoms with Crippen molar-refractivity contribution >= 4 is 12.4 Å². The second kappa shape index (κ2) is 6.79. The summed E-state index contributed by atoms with van der Waals surface area (Å²) in [4.78, 5) is 0. The third kappa shape index (κ3) is 5.79. The van der Waals surface area contributed by atoms with E-state index >= 15 is 0 Å². The van der Waals surface area contributed by atoms with Gasteiger partial charge in [0.2, 0.25) is 0 Å². The lowest BCUT2D eigenvalue weighted by Crippen LogP contribution is -1.93. The molecule has 0 spiro atoms. The highest BCUT2D eigenvalue weighted by atomic mass is 35.5. The third-order valence-electron chi connectivity index (χ3n) is 0.594. The minimum absolute atomic E-state index is 0. The van der Waals surface area contributed by atoms with Crippen LogP contribution in [0.3, 0.4) is 0 Å². The van der Waals surface area contributed by atoms with Gasteiger partial charge in [0.1, 0.15) is 12.4 Å². The number of ether oxygens (including phenoxy) is 2. The molecule has 0 aliphatic carbocycles. The molecule has 0 N–H and O–H groups in total. The number of hydrogen-bond donors (Lipinski definition) is 0. The molecule has 2 nitrogen and oxygen atoms in total. The van der Waals surface area contributed by atoms with Crippen LogP contribution in [0, 0.1) is 0 Å². The van der Waals surface area contributed by atoms with E-state index in [1.54, 1.807) is 14.2 Å². The molecule has 0 heterocycles. The van der Waals surface area contributed by atoms with Crippen LogP contribution in [-0.2, 0) is 9.47 Å². The Morgan fingerprint density at radius 1 is 1.50 bits per heavy atom. The van der Waals surface area contributed by atoms with Gasteiger partial charge in [0, 0.05) is 7.11 Å². The molecule has 0 radical (unpaired) electrons. The molecule has 0 aromatic carbocycles. The van der Waals surface area contributed by atoms with E-state index in [1.807, 2.05) is 0 Å². The van der Waals surface area contributed by atoms with Gasteiger partial charge >= 0.3 is 0 Å². The van der Waals surface area contributed by atoms with Crippen molar-refractivity contribution in [3.05, 3.63) is 12.3 Å². The van der Waals surface area contributed by atoms with Crippen molar-refractivity contribution in [2.75, 3.05) is 20.8 Å². The molecule has 0 aliphatic rings. The van der Waals surface area contributed by atoms with Gasteiger partial charge in [0.25, 0.3) is 0 Å². The van der Waals surface area contributed by atoms with Gasteiger partial charge in [-0.15, -0.1) is 12.4 Å². The average Bonchev–Trinajstić information content (AvgIpc) is 1.68. The molecular weight excluding hydrogens is 128 g/mol. The number of halogens is 1. The molecule has 8 heavy (non-hydrogen) atoms. The first-order chi connectivity index (χ1) is 3.31. The van der Waals surface area contributed by atoms with Gasteiger partial charge in [-0.05, 0) is 0 Å². The zero-order chi connectivity index (χ0) is 5.70. The van der Waals surface area contributed by atoms with E-state index in [2.05, 4.69) is 16.1 Å². The van der Waals surface area contributed by atoms with Crippen LogP contribution in [0.4, 0.5) is 0 Å². The van der Waals surface area contributed by atoms with Gasteiger partial charge in [-0.2, -0.15) is 0 Å². The predicted molar refractivity (Wildman–Crippen MR) is 35.3 cm³/mol. The lowest BCUT2D eigenvalue weighted by atomic mass is 10.6. The Balaban J connectivity index is 0. The highest BCUT2D eigenvalue weighted by Crippen LogP contribution is 1.87. The summed E-state index contributed by atoms with van der Waals surface area (Å²) in [6, 6.07) is 0. The third-order valence-corrected chi connectivity index (χ3v) is 0.594. The fourth-order valence-electron chi connectivity index (χ4n) is 0.220. The number of hydrogen-bond acceptors (Lipinski definition) is 2. The highest BCUT2D eigenvalue weighted by molar-refractivity contribution is 5.85. The minimum atomic E-state index is 0. The maximum absolute atomic E-state index is 4.67. The molecule has 0 aromatic heterocycles. The van der Waals surface area contributed by atoms with E-state index in [0.29, 0.717) is 12.4 Å². The summed E-state index contributed by atoms with van der Waals surface area (Å²) in [5.74, 6) is 0.655. The second-order valence-electron chi connectivity index (χ2n) is 1.18. The van der Waals surface area contributed by atoms with Crippen LogP contribution < -0.4 is 0 Å². The summed E-state index contributed by atoms with van der Waals surface area (Å²) in [7, 11) is 3.17. The summed E-state index contributed by atoms with van der Waals surface area (Å²) < 4.78 is 9.34. The van der Waals surface area contributed by atoms with Crippen LogP contribution in [0.2, 0.25) is 0 Å². The molecule has 0 saturated heterocycles. The molecule has 50 valence electrons.